The summed E-state index contributed by atoms with van der Waals surface area (Å²) >= 11 is -0.550. The molecule has 0 saturated carbocycles. The quantitative estimate of drug-likeness (QED) is 0.328. The van der Waals surface area contributed by atoms with Crippen LogP contribution in [-0.4, -0.2) is 19.0 Å². The predicted octanol–water partition coefficient (Wildman–Crippen LogP) is 7.04. The molecule has 164 valence electrons. The minimum atomic E-state index is -0.550. The molecule has 1 atom stereocenters. The minimum Gasteiger partial charge on any atom is -0.147 e. The molecule has 0 aliphatic heterocycles. The molecule has 0 nitrogen and oxygen atoms in total. The third-order valence-corrected chi connectivity index (χ3v) is 7.90. The third-order valence-electron chi connectivity index (χ3n) is 4.38. The summed E-state index contributed by atoms with van der Waals surface area (Å²) in [6, 6.07) is 0. The molecule has 28 heavy (non-hydrogen) atoms. The maximum absolute atomic E-state index is 2.55. The zero-order chi connectivity index (χ0) is 20.3. The molecule has 0 heterocycles. The zero-order valence-electron chi connectivity index (χ0n) is 20.1. The van der Waals surface area contributed by atoms with Crippen molar-refractivity contribution < 1.29 is 23.2 Å². The molecule has 5 heteroatoms. The fourth-order valence-corrected chi connectivity index (χ4v) is 6.93. The summed E-state index contributed by atoms with van der Waals surface area (Å²) in [5.41, 5.74) is 3.22. The molecule has 0 radical (unpaired) electrons. The fraction of sp³-hybridized carbons (Fsp3) is 0.652. The number of hydrogen-bond donors (Lipinski definition) is 0. The fourth-order valence-electron chi connectivity index (χ4n) is 2.86. The van der Waals surface area contributed by atoms with Crippen molar-refractivity contribution in [1.82, 2.24) is 0 Å². The van der Waals surface area contributed by atoms with E-state index in [4.69, 9.17) is 0 Å². The van der Waals surface area contributed by atoms with Crippen LogP contribution in [0.1, 0.15) is 48.0 Å². The maximum Gasteiger partial charge on any atom is 0.0135 e. The van der Waals surface area contributed by atoms with E-state index >= 15 is 0 Å². The number of halogens is 2. The van der Waals surface area contributed by atoms with Crippen molar-refractivity contribution in [2.45, 2.75) is 74.2 Å². The molecule has 0 bridgehead atoms. The van der Waals surface area contributed by atoms with E-state index in [0.717, 1.165) is 11.8 Å². The van der Waals surface area contributed by atoms with Gasteiger partial charge < -0.3 is 0 Å². The molecule has 0 fully saturated rings. The smallest absolute Gasteiger partial charge is 0.0135 e. The largest absolute Gasteiger partial charge is 0.147 e. The van der Waals surface area contributed by atoms with Crippen LogP contribution >= 0.6 is 24.8 Å². The molecular formula is C23H46Cl2Si2Zr. The Morgan fingerprint density at radius 1 is 0.857 bits per heavy atom. The SMILES string of the molecule is CC(C)C1=CC(C(C)C)[C]([Zr][C]2=CC=C(C(C)C)C2)=C1.C[SiH2]C.C[SiH2]C.Cl.Cl. The van der Waals surface area contributed by atoms with E-state index in [2.05, 4.69) is 92.0 Å². The first-order valence-electron chi connectivity index (χ1n) is 10.8. The van der Waals surface area contributed by atoms with Gasteiger partial charge in [0.1, 0.15) is 0 Å². The summed E-state index contributed by atoms with van der Waals surface area (Å²) in [6.45, 7) is 23.1. The molecule has 0 aromatic heterocycles. The van der Waals surface area contributed by atoms with Crippen LogP contribution < -0.4 is 0 Å². The van der Waals surface area contributed by atoms with Gasteiger partial charge in [-0.2, -0.15) is 0 Å². The van der Waals surface area contributed by atoms with E-state index in [9.17, 15) is 0 Å². The van der Waals surface area contributed by atoms with Crippen molar-refractivity contribution in [3.05, 3.63) is 42.0 Å². The van der Waals surface area contributed by atoms with E-state index in [1.165, 1.54) is 6.42 Å². The molecule has 0 aromatic carbocycles. The summed E-state index contributed by atoms with van der Waals surface area (Å²) in [4.78, 5) is 0. The molecule has 2 aliphatic rings. The van der Waals surface area contributed by atoms with Gasteiger partial charge in [0.2, 0.25) is 0 Å². The standard InChI is InChI=1S/C11H17.C8H11.2C2H8Si.2ClH.Zr/c1-8(2)10-5-6-11(7-10)9(3)4;1-7(2)8-5-3-4-6-8;2*1-3-2;;;/h5,7-9,11H,1-4H3;3,5,7H,6H2,1-2H3;2*3H2,1-2H3;2*1H;. The van der Waals surface area contributed by atoms with Crippen molar-refractivity contribution in [2.24, 2.45) is 23.7 Å². The van der Waals surface area contributed by atoms with Gasteiger partial charge in [0.25, 0.3) is 0 Å². The Balaban J connectivity index is -0.000000696. The van der Waals surface area contributed by atoms with Gasteiger partial charge in [-0.3, -0.25) is 0 Å². The van der Waals surface area contributed by atoms with Gasteiger partial charge in [0.05, 0.1) is 0 Å². The predicted molar refractivity (Wildman–Crippen MR) is 140 cm³/mol. The van der Waals surface area contributed by atoms with E-state index in [1.807, 2.05) is 0 Å². The van der Waals surface area contributed by atoms with Gasteiger partial charge in [-0.1, -0.05) is 26.2 Å². The van der Waals surface area contributed by atoms with Gasteiger partial charge >= 0.3 is 137 Å². The van der Waals surface area contributed by atoms with Crippen LogP contribution in [0.15, 0.2) is 42.0 Å². The van der Waals surface area contributed by atoms with E-state index < -0.39 is 23.2 Å². The van der Waals surface area contributed by atoms with E-state index in [1.54, 1.807) is 17.7 Å². The molecule has 2 rings (SSSR count). The average molecular weight is 541 g/mol. The minimum absolute atomic E-state index is 0. The van der Waals surface area contributed by atoms with Crippen molar-refractivity contribution >= 4 is 43.9 Å². The molecule has 0 amide bonds. The van der Waals surface area contributed by atoms with Gasteiger partial charge in [-0.15, -0.1) is 24.8 Å². The van der Waals surface area contributed by atoms with Gasteiger partial charge in [-0.05, 0) is 0 Å². The second-order valence-electron chi connectivity index (χ2n) is 8.50. The van der Waals surface area contributed by atoms with Crippen LogP contribution in [0.4, 0.5) is 0 Å². The summed E-state index contributed by atoms with van der Waals surface area (Å²) in [5.74, 6) is 2.86. The van der Waals surface area contributed by atoms with Crippen LogP contribution in [0.5, 0.6) is 0 Å². The average Bonchev–Trinajstić information content (AvgIpc) is 3.16. The molecular weight excluding hydrogens is 495 g/mol. The number of rotatable bonds is 5. The molecule has 0 spiro atoms. The number of allylic oxidation sites excluding steroid dienone is 8. The first kappa shape index (κ1) is 33.5. The van der Waals surface area contributed by atoms with Crippen molar-refractivity contribution in [1.29, 1.82) is 0 Å². The van der Waals surface area contributed by atoms with E-state index in [0.29, 0.717) is 30.9 Å². The third kappa shape index (κ3) is 12.5. The van der Waals surface area contributed by atoms with Crippen LogP contribution in [0.25, 0.3) is 0 Å². The monoisotopic (exact) mass is 538 g/mol. The Morgan fingerprint density at radius 2 is 1.36 bits per heavy atom. The Hall–Kier alpha value is 0.857. The van der Waals surface area contributed by atoms with Crippen LogP contribution in [0, 0.1) is 23.7 Å². The van der Waals surface area contributed by atoms with Crippen molar-refractivity contribution in [2.75, 3.05) is 0 Å². The Morgan fingerprint density at radius 3 is 1.71 bits per heavy atom. The topological polar surface area (TPSA) is 0 Å². The molecule has 0 saturated heterocycles. The van der Waals surface area contributed by atoms with Gasteiger partial charge in [0.15, 0.2) is 0 Å². The molecule has 1 unspecified atom stereocenters. The Labute approximate surface area is 205 Å². The normalized spacial score (nSPS) is 17.2. The number of hydrogen-bond acceptors (Lipinski definition) is 0. The second-order valence-corrected chi connectivity index (χ2v) is 14.9. The summed E-state index contributed by atoms with van der Waals surface area (Å²) < 4.78 is 3.57. The first-order valence-corrected chi connectivity index (χ1v) is 18.9. The Bertz CT molecular complexity index is 531. The van der Waals surface area contributed by atoms with Gasteiger partial charge in [0, 0.05) is 19.0 Å². The Kier molecular flexibility index (Phi) is 22.3. The maximum atomic E-state index is 2.55. The summed E-state index contributed by atoms with van der Waals surface area (Å²) in [5, 5.41) is 0. The van der Waals surface area contributed by atoms with Crippen molar-refractivity contribution in [3.8, 4) is 0 Å². The van der Waals surface area contributed by atoms with E-state index in [-0.39, 0.29) is 24.8 Å². The van der Waals surface area contributed by atoms with Gasteiger partial charge in [-0.25, -0.2) is 0 Å². The van der Waals surface area contributed by atoms with Crippen LogP contribution in [0.2, 0.25) is 26.2 Å². The summed E-state index contributed by atoms with van der Waals surface area (Å²) in [6.07, 6.45) is 11.2. The second kappa shape index (κ2) is 18.6. The van der Waals surface area contributed by atoms with Crippen molar-refractivity contribution in [3.63, 3.8) is 0 Å². The molecule has 0 aromatic rings. The van der Waals surface area contributed by atoms with Crippen LogP contribution in [-0.2, 0) is 23.2 Å². The summed E-state index contributed by atoms with van der Waals surface area (Å²) in [7, 11) is 0.833. The molecule has 0 N–H and O–H groups in total. The first-order chi connectivity index (χ1) is 12.2. The molecule has 2 aliphatic carbocycles. The van der Waals surface area contributed by atoms with Crippen LogP contribution in [0.3, 0.4) is 0 Å². The zero-order valence-corrected chi connectivity index (χ0v) is 27.0.